The van der Waals surface area contributed by atoms with Crippen LogP contribution < -0.4 is 0 Å². The molecular weight excluding hydrogens is 234 g/mol. The Morgan fingerprint density at radius 1 is 1.35 bits per heavy atom. The van der Waals surface area contributed by atoms with E-state index in [1.54, 1.807) is 18.0 Å². The van der Waals surface area contributed by atoms with Crippen molar-refractivity contribution in [2.45, 2.75) is 31.0 Å². The molecule has 0 saturated heterocycles. The lowest BCUT2D eigenvalue weighted by molar-refractivity contribution is 0.382. The third-order valence-corrected chi connectivity index (χ3v) is 3.01. The minimum atomic E-state index is 0.545. The molecule has 0 aromatic carbocycles. The first-order valence-electron chi connectivity index (χ1n) is 5.59. The van der Waals surface area contributed by atoms with E-state index in [0.29, 0.717) is 17.6 Å². The maximum Gasteiger partial charge on any atom is 0.237 e. The number of thioether (sulfide) groups is 1. The van der Waals surface area contributed by atoms with E-state index in [0.717, 1.165) is 17.3 Å². The van der Waals surface area contributed by atoms with Crippen LogP contribution in [0.5, 0.6) is 0 Å². The number of nitrogens with zero attached hydrogens (tertiary/aromatic N) is 3. The predicted molar refractivity (Wildman–Crippen MR) is 66.6 cm³/mol. The van der Waals surface area contributed by atoms with Gasteiger partial charge in [0.2, 0.25) is 5.89 Å². The molecule has 0 aliphatic rings. The van der Waals surface area contributed by atoms with E-state index >= 15 is 0 Å². The van der Waals surface area contributed by atoms with E-state index in [1.807, 2.05) is 18.2 Å². The third kappa shape index (κ3) is 3.85. The molecule has 0 aliphatic heterocycles. The van der Waals surface area contributed by atoms with Crippen molar-refractivity contribution in [2.24, 2.45) is 5.92 Å². The Kier molecular flexibility index (Phi) is 4.14. The standard InChI is InChI=1S/C12H15N3OS/c1-9(2)7-10-14-11(16-15-10)8-17-12-5-3-4-6-13-12/h3-6,9H,7-8H2,1-2H3. The van der Waals surface area contributed by atoms with E-state index in [4.69, 9.17) is 4.52 Å². The number of hydrogen-bond acceptors (Lipinski definition) is 5. The average molecular weight is 249 g/mol. The largest absolute Gasteiger partial charge is 0.338 e. The lowest BCUT2D eigenvalue weighted by Crippen LogP contribution is -1.96. The molecule has 2 rings (SSSR count). The summed E-state index contributed by atoms with van der Waals surface area (Å²) in [6, 6.07) is 5.83. The Hall–Kier alpha value is -1.36. The van der Waals surface area contributed by atoms with Crippen LogP contribution in [0.3, 0.4) is 0 Å². The summed E-state index contributed by atoms with van der Waals surface area (Å²) in [4.78, 5) is 8.56. The summed E-state index contributed by atoms with van der Waals surface area (Å²) in [6.07, 6.45) is 2.64. The SMILES string of the molecule is CC(C)Cc1noc(CSc2ccccn2)n1. The summed E-state index contributed by atoms with van der Waals surface area (Å²) in [5, 5.41) is 4.92. The Morgan fingerprint density at radius 3 is 2.94 bits per heavy atom. The van der Waals surface area contributed by atoms with Crippen molar-refractivity contribution in [3.8, 4) is 0 Å². The molecule has 0 amide bonds. The predicted octanol–water partition coefficient (Wildman–Crippen LogP) is 2.96. The van der Waals surface area contributed by atoms with Gasteiger partial charge in [0.15, 0.2) is 5.82 Å². The van der Waals surface area contributed by atoms with Crippen LogP contribution in [0.2, 0.25) is 0 Å². The van der Waals surface area contributed by atoms with Crippen LogP contribution in [-0.4, -0.2) is 15.1 Å². The van der Waals surface area contributed by atoms with Crippen LogP contribution in [0.25, 0.3) is 0 Å². The molecule has 0 bridgehead atoms. The van der Waals surface area contributed by atoms with Crippen molar-refractivity contribution < 1.29 is 4.52 Å². The van der Waals surface area contributed by atoms with Crippen LogP contribution in [0, 0.1) is 5.92 Å². The van der Waals surface area contributed by atoms with Gasteiger partial charge in [-0.15, -0.1) is 0 Å². The summed E-state index contributed by atoms with van der Waals surface area (Å²) in [5.74, 6) is 2.67. The van der Waals surface area contributed by atoms with E-state index in [2.05, 4.69) is 29.0 Å². The van der Waals surface area contributed by atoms with Gasteiger partial charge in [-0.3, -0.25) is 0 Å². The third-order valence-electron chi connectivity index (χ3n) is 2.08. The zero-order valence-electron chi connectivity index (χ0n) is 9.96. The summed E-state index contributed by atoms with van der Waals surface area (Å²) in [5.41, 5.74) is 0. The Labute approximate surface area is 105 Å². The fourth-order valence-electron chi connectivity index (χ4n) is 1.36. The minimum Gasteiger partial charge on any atom is -0.338 e. The Morgan fingerprint density at radius 2 is 2.24 bits per heavy atom. The molecule has 0 radical (unpaired) electrons. The summed E-state index contributed by atoms with van der Waals surface area (Å²) in [6.45, 7) is 4.28. The summed E-state index contributed by atoms with van der Waals surface area (Å²) in [7, 11) is 0. The first-order chi connectivity index (χ1) is 8.24. The molecule has 2 heterocycles. The second-order valence-electron chi connectivity index (χ2n) is 4.16. The number of aromatic nitrogens is 3. The van der Waals surface area contributed by atoms with Crippen molar-refractivity contribution in [3.63, 3.8) is 0 Å². The molecule has 0 spiro atoms. The fraction of sp³-hybridized carbons (Fsp3) is 0.417. The zero-order valence-corrected chi connectivity index (χ0v) is 10.8. The monoisotopic (exact) mass is 249 g/mol. The molecule has 90 valence electrons. The molecule has 0 unspecified atom stereocenters. The fourth-order valence-corrected chi connectivity index (χ4v) is 2.06. The average Bonchev–Trinajstić information content (AvgIpc) is 2.75. The Bertz CT molecular complexity index is 456. The van der Waals surface area contributed by atoms with Gasteiger partial charge in [-0.2, -0.15) is 4.98 Å². The lowest BCUT2D eigenvalue weighted by Gasteiger charge is -1.96. The van der Waals surface area contributed by atoms with Crippen molar-refractivity contribution in [3.05, 3.63) is 36.1 Å². The minimum absolute atomic E-state index is 0.545. The number of pyridine rings is 1. The molecule has 0 aliphatic carbocycles. The van der Waals surface area contributed by atoms with Gasteiger partial charge < -0.3 is 4.52 Å². The molecular formula is C12H15N3OS. The van der Waals surface area contributed by atoms with Gasteiger partial charge in [0.25, 0.3) is 0 Å². The van der Waals surface area contributed by atoms with Gasteiger partial charge in [0.05, 0.1) is 10.8 Å². The van der Waals surface area contributed by atoms with Crippen molar-refractivity contribution >= 4 is 11.8 Å². The molecule has 5 heteroatoms. The summed E-state index contributed by atoms with van der Waals surface area (Å²) < 4.78 is 5.18. The lowest BCUT2D eigenvalue weighted by atomic mass is 10.1. The van der Waals surface area contributed by atoms with Gasteiger partial charge in [-0.1, -0.05) is 36.8 Å². The summed E-state index contributed by atoms with van der Waals surface area (Å²) >= 11 is 1.60. The van der Waals surface area contributed by atoms with Crippen molar-refractivity contribution in [1.29, 1.82) is 0 Å². The van der Waals surface area contributed by atoms with Crippen LogP contribution in [0.15, 0.2) is 33.9 Å². The van der Waals surface area contributed by atoms with Crippen LogP contribution in [0.4, 0.5) is 0 Å². The van der Waals surface area contributed by atoms with Gasteiger partial charge in [-0.25, -0.2) is 4.98 Å². The molecule has 2 aromatic rings. The highest BCUT2D eigenvalue weighted by molar-refractivity contribution is 7.98. The first-order valence-corrected chi connectivity index (χ1v) is 6.58. The molecule has 0 fully saturated rings. The second kappa shape index (κ2) is 5.82. The molecule has 0 saturated carbocycles. The smallest absolute Gasteiger partial charge is 0.237 e. The van der Waals surface area contributed by atoms with Crippen LogP contribution in [-0.2, 0) is 12.2 Å². The molecule has 17 heavy (non-hydrogen) atoms. The van der Waals surface area contributed by atoms with E-state index in [-0.39, 0.29) is 0 Å². The zero-order chi connectivity index (χ0) is 12.1. The van der Waals surface area contributed by atoms with E-state index in [9.17, 15) is 0 Å². The van der Waals surface area contributed by atoms with E-state index in [1.165, 1.54) is 0 Å². The highest BCUT2D eigenvalue weighted by atomic mass is 32.2. The number of hydrogen-bond donors (Lipinski definition) is 0. The van der Waals surface area contributed by atoms with Crippen LogP contribution in [0.1, 0.15) is 25.6 Å². The maximum absolute atomic E-state index is 5.18. The number of rotatable bonds is 5. The highest BCUT2D eigenvalue weighted by Gasteiger charge is 2.08. The first kappa shape index (κ1) is 12.1. The van der Waals surface area contributed by atoms with Crippen molar-refractivity contribution in [2.75, 3.05) is 0 Å². The van der Waals surface area contributed by atoms with Crippen molar-refractivity contribution in [1.82, 2.24) is 15.1 Å². The van der Waals surface area contributed by atoms with Gasteiger partial charge in [-0.05, 0) is 18.1 Å². The highest BCUT2D eigenvalue weighted by Crippen LogP contribution is 2.19. The topological polar surface area (TPSA) is 51.8 Å². The van der Waals surface area contributed by atoms with Gasteiger partial charge >= 0.3 is 0 Å². The second-order valence-corrected chi connectivity index (χ2v) is 5.15. The molecule has 2 aromatic heterocycles. The maximum atomic E-state index is 5.18. The van der Waals surface area contributed by atoms with Crippen LogP contribution >= 0.6 is 11.8 Å². The van der Waals surface area contributed by atoms with Gasteiger partial charge in [0, 0.05) is 12.6 Å². The molecule has 4 nitrogen and oxygen atoms in total. The quantitative estimate of drug-likeness (QED) is 0.762. The van der Waals surface area contributed by atoms with Gasteiger partial charge in [0.1, 0.15) is 0 Å². The molecule has 0 atom stereocenters. The van der Waals surface area contributed by atoms with E-state index < -0.39 is 0 Å². The Balaban J connectivity index is 1.89. The molecule has 0 N–H and O–H groups in total. The normalized spacial score (nSPS) is 11.0.